The van der Waals surface area contributed by atoms with Gasteiger partial charge in [-0.1, -0.05) is 24.6 Å². The summed E-state index contributed by atoms with van der Waals surface area (Å²) in [5.74, 6) is -0.254. The molecule has 0 amide bonds. The molecular weight excluding hydrogens is 214 g/mol. The van der Waals surface area contributed by atoms with Gasteiger partial charge in [0, 0.05) is 6.54 Å². The Bertz CT molecular complexity index is 346. The third-order valence-electron chi connectivity index (χ3n) is 2.45. The number of nitrogens with one attached hydrogen (secondary N) is 1. The number of hydrogen-bond acceptors (Lipinski definition) is 3. The zero-order valence-electron chi connectivity index (χ0n) is 10.8. The van der Waals surface area contributed by atoms with Crippen LogP contribution in [-0.4, -0.2) is 25.2 Å². The van der Waals surface area contributed by atoms with Crippen LogP contribution in [0.4, 0.5) is 0 Å². The maximum absolute atomic E-state index is 11.7. The maximum Gasteiger partial charge on any atom is 0.338 e. The molecule has 0 heterocycles. The van der Waals surface area contributed by atoms with Gasteiger partial charge in [0.25, 0.3) is 0 Å². The summed E-state index contributed by atoms with van der Waals surface area (Å²) in [7, 11) is 0. The molecule has 0 aliphatic carbocycles. The first kappa shape index (κ1) is 13.7. The topological polar surface area (TPSA) is 38.3 Å². The predicted molar refractivity (Wildman–Crippen MR) is 69.2 cm³/mol. The summed E-state index contributed by atoms with van der Waals surface area (Å²) in [4.78, 5) is 11.7. The van der Waals surface area contributed by atoms with Crippen LogP contribution < -0.4 is 5.32 Å². The number of aryl methyl sites for hydroxylation is 1. The Labute approximate surface area is 103 Å². The normalized spacial score (nSPS) is 12.2. The van der Waals surface area contributed by atoms with Crippen LogP contribution >= 0.6 is 0 Å². The number of hydrogen-bond donors (Lipinski definition) is 1. The molecule has 0 spiro atoms. The van der Waals surface area contributed by atoms with Gasteiger partial charge in [-0.15, -0.1) is 0 Å². The lowest BCUT2D eigenvalue weighted by Gasteiger charge is -2.13. The Morgan fingerprint density at radius 3 is 2.59 bits per heavy atom. The maximum atomic E-state index is 11.7. The predicted octanol–water partition coefficient (Wildman–Crippen LogP) is 2.54. The zero-order chi connectivity index (χ0) is 12.7. The van der Waals surface area contributed by atoms with Crippen LogP contribution in [0.5, 0.6) is 0 Å². The molecule has 1 unspecified atom stereocenters. The molecule has 3 nitrogen and oxygen atoms in total. The number of carbonyl (C=O) groups is 1. The van der Waals surface area contributed by atoms with Crippen LogP contribution in [0.1, 0.15) is 36.2 Å². The Morgan fingerprint density at radius 1 is 1.35 bits per heavy atom. The molecule has 0 fully saturated rings. The van der Waals surface area contributed by atoms with Crippen molar-refractivity contribution in [3.05, 3.63) is 35.4 Å². The Morgan fingerprint density at radius 2 is 2.00 bits per heavy atom. The van der Waals surface area contributed by atoms with Gasteiger partial charge in [-0.3, -0.25) is 0 Å². The van der Waals surface area contributed by atoms with Crippen molar-refractivity contribution in [2.24, 2.45) is 0 Å². The minimum atomic E-state index is -0.254. The van der Waals surface area contributed by atoms with E-state index in [1.165, 1.54) is 0 Å². The molecule has 0 saturated heterocycles. The smallest absolute Gasteiger partial charge is 0.338 e. The van der Waals surface area contributed by atoms with Crippen molar-refractivity contribution in [1.82, 2.24) is 5.32 Å². The summed E-state index contributed by atoms with van der Waals surface area (Å²) in [6.45, 7) is 7.65. The fourth-order valence-corrected chi connectivity index (χ4v) is 1.46. The SMILES string of the molecule is CCCNCC(C)OC(=O)c1ccc(C)cc1. The molecule has 1 aromatic rings. The Kier molecular flexibility index (Phi) is 5.70. The van der Waals surface area contributed by atoms with Crippen molar-refractivity contribution in [3.8, 4) is 0 Å². The van der Waals surface area contributed by atoms with Crippen molar-refractivity contribution >= 4 is 5.97 Å². The molecule has 3 heteroatoms. The van der Waals surface area contributed by atoms with Crippen molar-refractivity contribution in [2.45, 2.75) is 33.3 Å². The van der Waals surface area contributed by atoms with E-state index >= 15 is 0 Å². The van der Waals surface area contributed by atoms with Crippen LogP contribution in [-0.2, 0) is 4.74 Å². The van der Waals surface area contributed by atoms with Crippen LogP contribution in [0.2, 0.25) is 0 Å². The molecule has 0 aliphatic rings. The Hall–Kier alpha value is -1.35. The summed E-state index contributed by atoms with van der Waals surface area (Å²) in [6.07, 6.45) is 0.980. The number of ether oxygens (including phenoxy) is 1. The highest BCUT2D eigenvalue weighted by molar-refractivity contribution is 5.89. The van der Waals surface area contributed by atoms with E-state index in [-0.39, 0.29) is 12.1 Å². The summed E-state index contributed by atoms with van der Waals surface area (Å²) >= 11 is 0. The van der Waals surface area contributed by atoms with Crippen molar-refractivity contribution in [3.63, 3.8) is 0 Å². The van der Waals surface area contributed by atoms with Crippen molar-refractivity contribution in [2.75, 3.05) is 13.1 Å². The van der Waals surface area contributed by atoms with E-state index in [0.29, 0.717) is 12.1 Å². The second-order valence-corrected chi connectivity index (χ2v) is 4.29. The van der Waals surface area contributed by atoms with E-state index in [1.54, 1.807) is 12.1 Å². The fourth-order valence-electron chi connectivity index (χ4n) is 1.46. The van der Waals surface area contributed by atoms with Crippen molar-refractivity contribution < 1.29 is 9.53 Å². The summed E-state index contributed by atoms with van der Waals surface area (Å²) in [5, 5.41) is 3.22. The molecule has 0 saturated carbocycles. The first-order valence-electron chi connectivity index (χ1n) is 6.12. The second kappa shape index (κ2) is 7.07. The molecule has 1 rings (SSSR count). The molecule has 1 aromatic carbocycles. The van der Waals surface area contributed by atoms with Crippen molar-refractivity contribution in [1.29, 1.82) is 0 Å². The van der Waals surface area contributed by atoms with E-state index in [9.17, 15) is 4.79 Å². The zero-order valence-corrected chi connectivity index (χ0v) is 10.8. The number of esters is 1. The summed E-state index contributed by atoms with van der Waals surface area (Å²) in [6, 6.07) is 7.42. The minimum Gasteiger partial charge on any atom is -0.458 e. The number of benzene rings is 1. The van der Waals surface area contributed by atoms with E-state index in [4.69, 9.17) is 4.74 Å². The fraction of sp³-hybridized carbons (Fsp3) is 0.500. The number of carbonyl (C=O) groups excluding carboxylic acids is 1. The van der Waals surface area contributed by atoms with Gasteiger partial charge in [-0.05, 0) is 38.9 Å². The molecular formula is C14H21NO2. The molecule has 1 N–H and O–H groups in total. The summed E-state index contributed by atoms with van der Waals surface area (Å²) in [5.41, 5.74) is 1.75. The average molecular weight is 235 g/mol. The van der Waals surface area contributed by atoms with Crippen LogP contribution in [0, 0.1) is 6.92 Å². The summed E-state index contributed by atoms with van der Waals surface area (Å²) < 4.78 is 5.32. The van der Waals surface area contributed by atoms with Crippen LogP contribution in [0.25, 0.3) is 0 Å². The highest BCUT2D eigenvalue weighted by Crippen LogP contribution is 2.06. The monoisotopic (exact) mass is 235 g/mol. The third kappa shape index (κ3) is 5.00. The van der Waals surface area contributed by atoms with Gasteiger partial charge in [0.1, 0.15) is 6.10 Å². The second-order valence-electron chi connectivity index (χ2n) is 4.29. The van der Waals surface area contributed by atoms with Gasteiger partial charge in [0.2, 0.25) is 0 Å². The van der Waals surface area contributed by atoms with Gasteiger partial charge >= 0.3 is 5.97 Å². The lowest BCUT2D eigenvalue weighted by Crippen LogP contribution is -2.29. The largest absolute Gasteiger partial charge is 0.458 e. The molecule has 1 atom stereocenters. The molecule has 17 heavy (non-hydrogen) atoms. The third-order valence-corrected chi connectivity index (χ3v) is 2.45. The lowest BCUT2D eigenvalue weighted by molar-refractivity contribution is 0.0343. The van der Waals surface area contributed by atoms with Gasteiger partial charge < -0.3 is 10.1 Å². The average Bonchev–Trinajstić information content (AvgIpc) is 2.30. The van der Waals surface area contributed by atoms with Gasteiger partial charge in [0.05, 0.1) is 5.56 Å². The first-order chi connectivity index (χ1) is 8.13. The first-order valence-corrected chi connectivity index (χ1v) is 6.12. The quantitative estimate of drug-likeness (QED) is 0.608. The lowest BCUT2D eigenvalue weighted by atomic mass is 10.1. The minimum absolute atomic E-state index is 0.102. The van der Waals surface area contributed by atoms with E-state index in [0.717, 1.165) is 18.5 Å². The van der Waals surface area contributed by atoms with Gasteiger partial charge in [0.15, 0.2) is 0 Å². The van der Waals surface area contributed by atoms with Crippen LogP contribution in [0.3, 0.4) is 0 Å². The molecule has 0 bridgehead atoms. The molecule has 94 valence electrons. The van der Waals surface area contributed by atoms with Gasteiger partial charge in [-0.25, -0.2) is 4.79 Å². The van der Waals surface area contributed by atoms with Gasteiger partial charge in [-0.2, -0.15) is 0 Å². The van der Waals surface area contributed by atoms with E-state index in [1.807, 2.05) is 26.0 Å². The molecule has 0 aromatic heterocycles. The standard InChI is InChI=1S/C14H21NO2/c1-4-9-15-10-12(3)17-14(16)13-7-5-11(2)6-8-13/h5-8,12,15H,4,9-10H2,1-3H3. The number of rotatable bonds is 6. The Balaban J connectivity index is 2.40. The molecule has 0 radical (unpaired) electrons. The highest BCUT2D eigenvalue weighted by atomic mass is 16.5. The highest BCUT2D eigenvalue weighted by Gasteiger charge is 2.10. The molecule has 0 aliphatic heterocycles. The van der Waals surface area contributed by atoms with E-state index in [2.05, 4.69) is 12.2 Å². The van der Waals surface area contributed by atoms with Crippen LogP contribution in [0.15, 0.2) is 24.3 Å². The van der Waals surface area contributed by atoms with E-state index < -0.39 is 0 Å².